The molecule has 88 valence electrons. The Kier molecular flexibility index (Phi) is 2.57. The first-order valence-corrected chi connectivity index (χ1v) is 4.43. The van der Waals surface area contributed by atoms with E-state index in [2.05, 4.69) is 20.7 Å². The fourth-order valence-corrected chi connectivity index (χ4v) is 1.06. The SMILES string of the molecule is Cn1nnc(NC(=O)c2cc(C(=O)O)co2)n1. The summed E-state index contributed by atoms with van der Waals surface area (Å²) >= 11 is 0. The molecule has 2 N–H and O–H groups in total. The van der Waals surface area contributed by atoms with Gasteiger partial charge < -0.3 is 9.52 Å². The van der Waals surface area contributed by atoms with Crippen molar-refractivity contribution in [3.05, 3.63) is 23.7 Å². The molecule has 0 saturated heterocycles. The van der Waals surface area contributed by atoms with E-state index in [-0.39, 0.29) is 17.3 Å². The molecule has 0 atom stereocenters. The van der Waals surface area contributed by atoms with Gasteiger partial charge in [-0.3, -0.25) is 10.1 Å². The number of carboxylic acid groups (broad SMARTS) is 1. The average Bonchev–Trinajstić information content (AvgIpc) is 2.86. The number of carbonyl (C=O) groups is 2. The zero-order chi connectivity index (χ0) is 12.4. The molecule has 1 amide bonds. The lowest BCUT2D eigenvalue weighted by molar-refractivity contribution is 0.0696. The van der Waals surface area contributed by atoms with Crippen molar-refractivity contribution in [2.45, 2.75) is 0 Å². The maximum Gasteiger partial charge on any atom is 0.338 e. The number of carboxylic acids is 1. The highest BCUT2D eigenvalue weighted by atomic mass is 16.4. The molecule has 0 aliphatic rings. The van der Waals surface area contributed by atoms with Crippen LogP contribution in [0.2, 0.25) is 0 Å². The number of hydrogen-bond donors (Lipinski definition) is 2. The second-order valence-corrected chi connectivity index (χ2v) is 3.06. The number of carbonyl (C=O) groups excluding carboxylic acids is 1. The maximum atomic E-state index is 11.5. The summed E-state index contributed by atoms with van der Waals surface area (Å²) in [5.74, 6) is -1.96. The summed E-state index contributed by atoms with van der Waals surface area (Å²) in [5, 5.41) is 21.7. The van der Waals surface area contributed by atoms with Crippen molar-refractivity contribution in [1.82, 2.24) is 20.2 Å². The summed E-state index contributed by atoms with van der Waals surface area (Å²) < 4.78 is 4.79. The molecule has 2 rings (SSSR count). The van der Waals surface area contributed by atoms with E-state index in [1.165, 1.54) is 11.8 Å². The molecule has 0 aliphatic carbocycles. The van der Waals surface area contributed by atoms with Gasteiger partial charge in [0, 0.05) is 6.07 Å². The van der Waals surface area contributed by atoms with Gasteiger partial charge >= 0.3 is 5.97 Å². The first-order valence-electron chi connectivity index (χ1n) is 4.43. The molecule has 0 aromatic carbocycles. The highest BCUT2D eigenvalue weighted by Gasteiger charge is 2.16. The molecular weight excluding hydrogens is 230 g/mol. The van der Waals surface area contributed by atoms with Gasteiger partial charge in [-0.15, -0.1) is 5.10 Å². The molecule has 0 unspecified atom stereocenters. The lowest BCUT2D eigenvalue weighted by Crippen LogP contribution is -2.12. The van der Waals surface area contributed by atoms with Crippen LogP contribution in [-0.4, -0.2) is 37.2 Å². The van der Waals surface area contributed by atoms with Gasteiger partial charge in [-0.25, -0.2) is 4.79 Å². The second-order valence-electron chi connectivity index (χ2n) is 3.06. The van der Waals surface area contributed by atoms with Gasteiger partial charge in [-0.05, 0) is 5.21 Å². The van der Waals surface area contributed by atoms with E-state index in [4.69, 9.17) is 9.52 Å². The molecule has 9 nitrogen and oxygen atoms in total. The van der Waals surface area contributed by atoms with Gasteiger partial charge in [0.2, 0.25) is 0 Å². The number of tetrazole rings is 1. The number of hydrogen-bond acceptors (Lipinski definition) is 6. The Morgan fingerprint density at radius 3 is 2.82 bits per heavy atom. The van der Waals surface area contributed by atoms with Gasteiger partial charge in [0.25, 0.3) is 11.9 Å². The van der Waals surface area contributed by atoms with Crippen molar-refractivity contribution >= 4 is 17.8 Å². The zero-order valence-electron chi connectivity index (χ0n) is 8.62. The van der Waals surface area contributed by atoms with Crippen molar-refractivity contribution in [2.24, 2.45) is 7.05 Å². The number of rotatable bonds is 3. The number of nitrogens with one attached hydrogen (secondary N) is 1. The average molecular weight is 237 g/mol. The summed E-state index contributed by atoms with van der Waals surface area (Å²) in [7, 11) is 1.54. The van der Waals surface area contributed by atoms with E-state index in [0.717, 1.165) is 12.3 Å². The lowest BCUT2D eigenvalue weighted by Gasteiger charge is -1.94. The van der Waals surface area contributed by atoms with Crippen LogP contribution in [0, 0.1) is 0 Å². The van der Waals surface area contributed by atoms with E-state index >= 15 is 0 Å². The normalized spacial score (nSPS) is 10.2. The zero-order valence-corrected chi connectivity index (χ0v) is 8.62. The highest BCUT2D eigenvalue weighted by molar-refractivity contribution is 6.02. The molecule has 0 aliphatic heterocycles. The Hall–Kier alpha value is -2.71. The Morgan fingerprint density at radius 1 is 1.53 bits per heavy atom. The summed E-state index contributed by atoms with van der Waals surface area (Å²) in [5.41, 5.74) is -0.109. The molecule has 2 aromatic rings. The maximum absolute atomic E-state index is 11.5. The Bertz CT molecular complexity index is 572. The minimum atomic E-state index is -1.18. The van der Waals surface area contributed by atoms with Gasteiger partial charge in [-0.2, -0.15) is 4.80 Å². The van der Waals surface area contributed by atoms with E-state index < -0.39 is 11.9 Å². The van der Waals surface area contributed by atoms with Crippen LogP contribution >= 0.6 is 0 Å². The van der Waals surface area contributed by atoms with E-state index in [0.29, 0.717) is 0 Å². The van der Waals surface area contributed by atoms with E-state index in [1.807, 2.05) is 0 Å². The summed E-state index contributed by atoms with van der Waals surface area (Å²) in [4.78, 5) is 23.3. The van der Waals surface area contributed by atoms with Crippen molar-refractivity contribution in [3.8, 4) is 0 Å². The molecule has 0 bridgehead atoms. The monoisotopic (exact) mass is 237 g/mol. The topological polar surface area (TPSA) is 123 Å². The van der Waals surface area contributed by atoms with Crippen LogP contribution in [0.3, 0.4) is 0 Å². The predicted molar refractivity (Wildman–Crippen MR) is 52.4 cm³/mol. The minimum Gasteiger partial charge on any atom is -0.478 e. The molecular formula is C8H7N5O4. The molecule has 17 heavy (non-hydrogen) atoms. The highest BCUT2D eigenvalue weighted by Crippen LogP contribution is 2.09. The van der Waals surface area contributed by atoms with Crippen LogP contribution in [0.4, 0.5) is 5.95 Å². The third kappa shape index (κ3) is 2.27. The smallest absolute Gasteiger partial charge is 0.338 e. The van der Waals surface area contributed by atoms with Crippen LogP contribution in [0.15, 0.2) is 16.7 Å². The van der Waals surface area contributed by atoms with Gasteiger partial charge in [-0.1, -0.05) is 5.10 Å². The van der Waals surface area contributed by atoms with E-state index in [1.54, 1.807) is 0 Å². The van der Waals surface area contributed by atoms with Crippen LogP contribution in [0.25, 0.3) is 0 Å². The van der Waals surface area contributed by atoms with Crippen molar-refractivity contribution in [2.75, 3.05) is 5.32 Å². The molecule has 0 saturated carbocycles. The quantitative estimate of drug-likeness (QED) is 0.754. The largest absolute Gasteiger partial charge is 0.478 e. The Balaban J connectivity index is 2.11. The molecule has 2 heterocycles. The number of anilines is 1. The number of amides is 1. The Labute approximate surface area is 94.0 Å². The first-order chi connectivity index (χ1) is 8.06. The number of aromatic carboxylic acids is 1. The number of aromatic nitrogens is 4. The van der Waals surface area contributed by atoms with Gasteiger partial charge in [0.1, 0.15) is 6.26 Å². The van der Waals surface area contributed by atoms with Crippen molar-refractivity contribution < 1.29 is 19.1 Å². The third-order valence-corrected chi connectivity index (χ3v) is 1.80. The number of aryl methyl sites for hydroxylation is 1. The summed E-state index contributed by atoms with van der Waals surface area (Å²) in [6.45, 7) is 0. The lowest BCUT2D eigenvalue weighted by atomic mass is 10.3. The molecule has 0 spiro atoms. The second kappa shape index (κ2) is 4.04. The van der Waals surface area contributed by atoms with Crippen molar-refractivity contribution in [1.29, 1.82) is 0 Å². The fraction of sp³-hybridized carbons (Fsp3) is 0.125. The molecule has 2 aromatic heterocycles. The Morgan fingerprint density at radius 2 is 2.29 bits per heavy atom. The van der Waals surface area contributed by atoms with Crippen LogP contribution in [0.5, 0.6) is 0 Å². The van der Waals surface area contributed by atoms with Crippen LogP contribution in [-0.2, 0) is 7.05 Å². The first kappa shape index (κ1) is 10.8. The number of furan rings is 1. The van der Waals surface area contributed by atoms with Crippen molar-refractivity contribution in [3.63, 3.8) is 0 Å². The molecule has 0 fully saturated rings. The fourth-order valence-electron chi connectivity index (χ4n) is 1.06. The minimum absolute atomic E-state index is 0.00535. The third-order valence-electron chi connectivity index (χ3n) is 1.80. The number of nitrogens with zero attached hydrogens (tertiary/aromatic N) is 4. The standard InChI is InChI=1S/C8H7N5O4/c1-13-11-8(10-12-13)9-6(14)5-2-4(3-17-5)7(15)16/h2-3H,1H3,(H,15,16)(H,9,11,14). The summed E-state index contributed by atoms with van der Waals surface area (Å²) in [6.07, 6.45) is 0.974. The summed E-state index contributed by atoms with van der Waals surface area (Å²) in [6, 6.07) is 1.11. The van der Waals surface area contributed by atoms with E-state index in [9.17, 15) is 9.59 Å². The van der Waals surface area contributed by atoms with Crippen LogP contribution < -0.4 is 5.32 Å². The predicted octanol–water partition coefficient (Wildman–Crippen LogP) is -0.246. The van der Waals surface area contributed by atoms with Gasteiger partial charge in [0.05, 0.1) is 12.6 Å². The molecule has 9 heteroatoms. The van der Waals surface area contributed by atoms with Gasteiger partial charge in [0.15, 0.2) is 5.76 Å². The molecule has 0 radical (unpaired) electrons. The van der Waals surface area contributed by atoms with Crippen LogP contribution in [0.1, 0.15) is 20.9 Å².